The van der Waals surface area contributed by atoms with Crippen LogP contribution in [0.2, 0.25) is 0 Å². The van der Waals surface area contributed by atoms with Gasteiger partial charge in [-0.25, -0.2) is 19.2 Å². The molecule has 1 heterocycles. The van der Waals surface area contributed by atoms with Crippen molar-refractivity contribution in [3.63, 3.8) is 0 Å². The highest BCUT2D eigenvalue weighted by molar-refractivity contribution is 7.91. The molecule has 1 saturated carbocycles. The summed E-state index contributed by atoms with van der Waals surface area (Å²) in [6.45, 7) is 0. The van der Waals surface area contributed by atoms with Crippen LogP contribution in [0.4, 0.5) is 0 Å². The standard InChI is InChI=1S/C11H17N3O3S2/c12-14-11(15)9-6-13-10(18-9)7-19(16,17)8-4-2-1-3-5-8/h6,8H,1-5,7,12H2,(H,14,15). The number of rotatable bonds is 4. The van der Waals surface area contributed by atoms with E-state index in [-0.39, 0.29) is 11.0 Å². The summed E-state index contributed by atoms with van der Waals surface area (Å²) in [7, 11) is -3.17. The van der Waals surface area contributed by atoms with Crippen molar-refractivity contribution < 1.29 is 13.2 Å². The number of carbonyl (C=O) groups excluding carboxylic acids is 1. The summed E-state index contributed by atoms with van der Waals surface area (Å²) in [4.78, 5) is 15.6. The monoisotopic (exact) mass is 303 g/mol. The van der Waals surface area contributed by atoms with E-state index in [1.54, 1.807) is 0 Å². The number of nitrogen functional groups attached to an aromatic ring is 1. The van der Waals surface area contributed by atoms with E-state index in [1.807, 2.05) is 5.43 Å². The van der Waals surface area contributed by atoms with E-state index in [0.717, 1.165) is 43.4 Å². The maximum atomic E-state index is 12.2. The van der Waals surface area contributed by atoms with Crippen LogP contribution in [-0.4, -0.2) is 24.6 Å². The normalized spacial score (nSPS) is 17.3. The minimum atomic E-state index is -3.17. The molecule has 0 bridgehead atoms. The first-order valence-corrected chi connectivity index (χ1v) is 8.73. The molecule has 3 N–H and O–H groups in total. The predicted molar refractivity (Wildman–Crippen MR) is 73.3 cm³/mol. The Labute approximate surface area is 116 Å². The summed E-state index contributed by atoms with van der Waals surface area (Å²) in [5.74, 6) is 4.49. The second-order valence-electron chi connectivity index (χ2n) is 4.66. The molecule has 1 fully saturated rings. The lowest BCUT2D eigenvalue weighted by Crippen LogP contribution is -2.29. The van der Waals surface area contributed by atoms with Gasteiger partial charge in [0.05, 0.1) is 11.4 Å². The van der Waals surface area contributed by atoms with Gasteiger partial charge in [0.2, 0.25) is 0 Å². The van der Waals surface area contributed by atoms with E-state index >= 15 is 0 Å². The molecule has 1 aromatic rings. The zero-order valence-corrected chi connectivity index (χ0v) is 12.1. The van der Waals surface area contributed by atoms with Gasteiger partial charge in [-0.3, -0.25) is 10.2 Å². The zero-order valence-electron chi connectivity index (χ0n) is 10.5. The smallest absolute Gasteiger partial charge is 0.276 e. The molecule has 0 atom stereocenters. The van der Waals surface area contributed by atoms with Crippen LogP contribution >= 0.6 is 11.3 Å². The number of aromatic nitrogens is 1. The van der Waals surface area contributed by atoms with Gasteiger partial charge in [0, 0.05) is 0 Å². The van der Waals surface area contributed by atoms with E-state index < -0.39 is 15.7 Å². The molecule has 1 aromatic heterocycles. The fraction of sp³-hybridized carbons (Fsp3) is 0.636. The van der Waals surface area contributed by atoms with Gasteiger partial charge < -0.3 is 0 Å². The highest BCUT2D eigenvalue weighted by Gasteiger charge is 2.28. The molecule has 1 aliphatic rings. The largest absolute Gasteiger partial charge is 0.289 e. The second-order valence-corrected chi connectivity index (χ2v) is 8.06. The van der Waals surface area contributed by atoms with Crippen LogP contribution in [0.15, 0.2) is 6.20 Å². The molecule has 106 valence electrons. The average Bonchev–Trinajstić information content (AvgIpc) is 2.86. The molecule has 6 nitrogen and oxygen atoms in total. The van der Waals surface area contributed by atoms with Crippen molar-refractivity contribution in [3.8, 4) is 0 Å². The summed E-state index contributed by atoms with van der Waals surface area (Å²) in [5, 5.41) is 0.195. The molecule has 0 saturated heterocycles. The first-order valence-electron chi connectivity index (χ1n) is 6.20. The third-order valence-electron chi connectivity index (χ3n) is 3.29. The summed E-state index contributed by atoms with van der Waals surface area (Å²) in [6.07, 6.45) is 5.90. The van der Waals surface area contributed by atoms with E-state index in [9.17, 15) is 13.2 Å². The Bertz CT molecular complexity index is 547. The number of nitrogens with one attached hydrogen (secondary N) is 1. The number of carbonyl (C=O) groups is 1. The molecular weight excluding hydrogens is 286 g/mol. The van der Waals surface area contributed by atoms with Gasteiger partial charge in [-0.15, -0.1) is 11.3 Å². The van der Waals surface area contributed by atoms with E-state index in [2.05, 4.69) is 4.98 Å². The fourth-order valence-corrected chi connectivity index (χ4v) is 5.32. The number of sulfone groups is 1. The van der Waals surface area contributed by atoms with Crippen molar-refractivity contribution >= 4 is 27.1 Å². The Kier molecular flexibility index (Phi) is 4.54. The molecule has 0 aromatic carbocycles. The number of thiazole rings is 1. The molecular formula is C11H17N3O3S2. The van der Waals surface area contributed by atoms with Crippen LogP contribution in [0.1, 0.15) is 46.8 Å². The van der Waals surface area contributed by atoms with Crippen LogP contribution in [0.25, 0.3) is 0 Å². The number of nitrogens with zero attached hydrogens (tertiary/aromatic N) is 1. The van der Waals surface area contributed by atoms with Crippen molar-refractivity contribution in [3.05, 3.63) is 16.1 Å². The fourth-order valence-electron chi connectivity index (χ4n) is 2.27. The van der Waals surface area contributed by atoms with Crippen LogP contribution in [0, 0.1) is 0 Å². The van der Waals surface area contributed by atoms with Gasteiger partial charge in [-0.05, 0) is 12.8 Å². The van der Waals surface area contributed by atoms with Crippen molar-refractivity contribution in [2.75, 3.05) is 0 Å². The SMILES string of the molecule is NNC(=O)c1cnc(CS(=O)(=O)C2CCCCC2)s1. The number of hydrogen-bond donors (Lipinski definition) is 2. The lowest BCUT2D eigenvalue weighted by atomic mass is 10.0. The van der Waals surface area contributed by atoms with Crippen LogP contribution in [0.3, 0.4) is 0 Å². The summed E-state index contributed by atoms with van der Waals surface area (Å²) in [6, 6.07) is 0. The molecule has 1 amide bonds. The highest BCUT2D eigenvalue weighted by atomic mass is 32.2. The second kappa shape index (κ2) is 5.98. The van der Waals surface area contributed by atoms with Crippen LogP contribution < -0.4 is 11.3 Å². The summed E-state index contributed by atoms with van der Waals surface area (Å²) >= 11 is 1.07. The Morgan fingerprint density at radius 1 is 1.42 bits per heavy atom. The third-order valence-corrected chi connectivity index (χ3v) is 6.63. The summed E-state index contributed by atoms with van der Waals surface area (Å²) < 4.78 is 24.5. The molecule has 0 unspecified atom stereocenters. The number of amides is 1. The van der Waals surface area contributed by atoms with Gasteiger partial charge >= 0.3 is 0 Å². The molecule has 8 heteroatoms. The minimum Gasteiger partial charge on any atom is -0.289 e. The Morgan fingerprint density at radius 3 is 2.74 bits per heavy atom. The van der Waals surface area contributed by atoms with Gasteiger partial charge in [-0.1, -0.05) is 19.3 Å². The van der Waals surface area contributed by atoms with Crippen LogP contribution in [0.5, 0.6) is 0 Å². The maximum Gasteiger partial charge on any atom is 0.276 e. The highest BCUT2D eigenvalue weighted by Crippen LogP contribution is 2.27. The average molecular weight is 303 g/mol. The van der Waals surface area contributed by atoms with Crippen molar-refractivity contribution in [2.45, 2.75) is 43.1 Å². The van der Waals surface area contributed by atoms with Gasteiger partial charge in [-0.2, -0.15) is 0 Å². The lowest BCUT2D eigenvalue weighted by molar-refractivity contribution is 0.0957. The van der Waals surface area contributed by atoms with Crippen molar-refractivity contribution in [2.24, 2.45) is 5.84 Å². The van der Waals surface area contributed by atoms with Crippen molar-refractivity contribution in [1.29, 1.82) is 0 Å². The van der Waals surface area contributed by atoms with E-state index in [4.69, 9.17) is 5.84 Å². The first-order chi connectivity index (χ1) is 9.03. The van der Waals surface area contributed by atoms with E-state index in [0.29, 0.717) is 9.88 Å². The van der Waals surface area contributed by atoms with Crippen molar-refractivity contribution in [1.82, 2.24) is 10.4 Å². The van der Waals surface area contributed by atoms with Gasteiger partial charge in [0.15, 0.2) is 9.84 Å². The molecule has 1 aliphatic carbocycles. The molecule has 0 radical (unpaired) electrons. The summed E-state index contributed by atoms with van der Waals surface area (Å²) in [5.41, 5.74) is 2.00. The van der Waals surface area contributed by atoms with Gasteiger partial charge in [0.1, 0.15) is 15.6 Å². The maximum absolute atomic E-state index is 12.2. The number of nitrogens with two attached hydrogens (primary N) is 1. The van der Waals surface area contributed by atoms with Gasteiger partial charge in [0.25, 0.3) is 5.91 Å². The molecule has 0 aliphatic heterocycles. The molecule has 2 rings (SSSR count). The molecule has 0 spiro atoms. The third kappa shape index (κ3) is 3.52. The van der Waals surface area contributed by atoms with Crippen LogP contribution in [-0.2, 0) is 15.6 Å². The lowest BCUT2D eigenvalue weighted by Gasteiger charge is -2.21. The first kappa shape index (κ1) is 14.4. The topological polar surface area (TPSA) is 102 Å². The minimum absolute atomic E-state index is 0.0832. The Morgan fingerprint density at radius 2 is 2.11 bits per heavy atom. The Balaban J connectivity index is 2.07. The number of hydrogen-bond acceptors (Lipinski definition) is 6. The zero-order chi connectivity index (χ0) is 13.9. The quantitative estimate of drug-likeness (QED) is 0.490. The number of hydrazine groups is 1. The predicted octanol–water partition coefficient (Wildman–Crippen LogP) is 0.994. The van der Waals surface area contributed by atoms with E-state index in [1.165, 1.54) is 6.20 Å². The Hall–Kier alpha value is -0.990. The molecule has 19 heavy (non-hydrogen) atoms.